The Hall–Kier alpha value is -1.77. The van der Waals surface area contributed by atoms with Crippen LogP contribution in [0.4, 0.5) is 4.39 Å². The van der Waals surface area contributed by atoms with Crippen LogP contribution in [0.1, 0.15) is 121 Å². The smallest absolute Gasteiger partial charge is 0.159 e. The molecule has 0 atom stereocenters. The van der Waals surface area contributed by atoms with Crippen LogP contribution in [-0.4, -0.2) is 9.97 Å². The van der Waals surface area contributed by atoms with E-state index in [-0.39, 0.29) is 5.82 Å². The zero-order valence-corrected chi connectivity index (χ0v) is 20.4. The van der Waals surface area contributed by atoms with Crippen molar-refractivity contribution in [2.75, 3.05) is 0 Å². The van der Waals surface area contributed by atoms with Crippen LogP contribution in [0.3, 0.4) is 0 Å². The van der Waals surface area contributed by atoms with Crippen molar-refractivity contribution in [2.24, 2.45) is 5.92 Å². The zero-order chi connectivity index (χ0) is 22.6. The molecule has 1 saturated carbocycles. The van der Waals surface area contributed by atoms with E-state index >= 15 is 0 Å². The number of nitrogens with zero attached hydrogens (tertiary/aromatic N) is 2. The molecule has 2 aromatic rings. The lowest BCUT2D eigenvalue weighted by atomic mass is 9.77. The van der Waals surface area contributed by atoms with Gasteiger partial charge in [-0.25, -0.2) is 14.4 Å². The van der Waals surface area contributed by atoms with Crippen LogP contribution in [0, 0.1) is 11.7 Å². The van der Waals surface area contributed by atoms with E-state index in [1.54, 1.807) is 6.07 Å². The van der Waals surface area contributed by atoms with Gasteiger partial charge in [-0.15, -0.1) is 0 Å². The number of halogens is 1. The minimum Gasteiger partial charge on any atom is -0.236 e. The van der Waals surface area contributed by atoms with Gasteiger partial charge >= 0.3 is 0 Å². The lowest BCUT2D eigenvalue weighted by Gasteiger charge is -2.28. The fourth-order valence-corrected chi connectivity index (χ4v) is 5.15. The summed E-state index contributed by atoms with van der Waals surface area (Å²) in [5, 5.41) is 0. The molecule has 1 aliphatic rings. The molecule has 0 N–H and O–H groups in total. The molecule has 1 fully saturated rings. The van der Waals surface area contributed by atoms with Gasteiger partial charge in [0.25, 0.3) is 0 Å². The standard InChI is InChI=1S/C29H43FN2/c1-3-5-7-8-9-11-12-23-14-16-24(17-15-23)27-21-31-29(32-22-27)26-19-18-25(28(30)20-26)13-10-6-4-2/h18-24H,3-17H2,1-2H3. The number of rotatable bonds is 13. The van der Waals surface area contributed by atoms with Crippen molar-refractivity contribution in [3.63, 3.8) is 0 Å². The van der Waals surface area contributed by atoms with Crippen LogP contribution in [0.2, 0.25) is 0 Å². The van der Waals surface area contributed by atoms with Crippen LogP contribution in [-0.2, 0) is 6.42 Å². The van der Waals surface area contributed by atoms with Gasteiger partial charge in [0.05, 0.1) is 0 Å². The van der Waals surface area contributed by atoms with Crippen molar-refractivity contribution in [3.8, 4) is 11.4 Å². The van der Waals surface area contributed by atoms with Crippen molar-refractivity contribution in [2.45, 2.75) is 116 Å². The minimum absolute atomic E-state index is 0.130. The third kappa shape index (κ3) is 7.67. The maximum absolute atomic E-state index is 14.5. The Morgan fingerprint density at radius 1 is 0.812 bits per heavy atom. The maximum atomic E-state index is 14.5. The summed E-state index contributed by atoms with van der Waals surface area (Å²) in [6, 6.07) is 5.47. The molecule has 0 amide bonds. The lowest BCUT2D eigenvalue weighted by molar-refractivity contribution is 0.301. The summed E-state index contributed by atoms with van der Waals surface area (Å²) >= 11 is 0. The van der Waals surface area contributed by atoms with Crippen molar-refractivity contribution in [1.29, 1.82) is 0 Å². The van der Waals surface area contributed by atoms with Crippen molar-refractivity contribution >= 4 is 0 Å². The SMILES string of the molecule is CCCCCCCCC1CCC(c2cnc(-c3ccc(CCCCC)c(F)c3)nc2)CC1. The molecular formula is C29H43FN2. The fourth-order valence-electron chi connectivity index (χ4n) is 5.15. The Balaban J connectivity index is 1.45. The summed E-state index contributed by atoms with van der Waals surface area (Å²) in [6.45, 7) is 4.45. The summed E-state index contributed by atoms with van der Waals surface area (Å²) in [5.74, 6) is 2.00. The second-order valence-corrected chi connectivity index (χ2v) is 9.88. The second-order valence-electron chi connectivity index (χ2n) is 9.88. The summed E-state index contributed by atoms with van der Waals surface area (Å²) in [6.07, 6.45) is 23.1. The summed E-state index contributed by atoms with van der Waals surface area (Å²) in [4.78, 5) is 9.19. The van der Waals surface area contributed by atoms with Gasteiger partial charge < -0.3 is 0 Å². The molecular weight excluding hydrogens is 395 g/mol. The normalized spacial score (nSPS) is 18.7. The molecule has 3 rings (SSSR count). The third-order valence-corrected chi connectivity index (χ3v) is 7.32. The number of hydrogen-bond acceptors (Lipinski definition) is 2. The van der Waals surface area contributed by atoms with E-state index in [0.717, 1.165) is 42.7 Å². The number of aromatic nitrogens is 2. The molecule has 0 aliphatic heterocycles. The van der Waals surface area contributed by atoms with Crippen LogP contribution in [0.5, 0.6) is 0 Å². The second kappa shape index (κ2) is 13.7. The first kappa shape index (κ1) is 24.9. The predicted molar refractivity (Wildman–Crippen MR) is 133 cm³/mol. The molecule has 1 aromatic heterocycles. The number of unbranched alkanes of at least 4 members (excludes halogenated alkanes) is 7. The highest BCUT2D eigenvalue weighted by Gasteiger charge is 2.22. The van der Waals surface area contributed by atoms with E-state index in [2.05, 4.69) is 23.8 Å². The highest BCUT2D eigenvalue weighted by molar-refractivity contribution is 5.55. The summed E-state index contributed by atoms with van der Waals surface area (Å²) in [7, 11) is 0. The van der Waals surface area contributed by atoms with Crippen molar-refractivity contribution in [1.82, 2.24) is 9.97 Å². The average molecular weight is 439 g/mol. The Bertz CT molecular complexity index is 778. The Morgan fingerprint density at radius 2 is 1.47 bits per heavy atom. The highest BCUT2D eigenvalue weighted by atomic mass is 19.1. The van der Waals surface area contributed by atoms with Gasteiger partial charge in [-0.2, -0.15) is 0 Å². The summed E-state index contributed by atoms with van der Waals surface area (Å²) < 4.78 is 14.5. The number of benzene rings is 1. The molecule has 0 unspecified atom stereocenters. The monoisotopic (exact) mass is 438 g/mol. The van der Waals surface area contributed by atoms with Gasteiger partial charge in [-0.1, -0.05) is 83.8 Å². The molecule has 1 heterocycles. The minimum atomic E-state index is -0.130. The Morgan fingerprint density at radius 3 is 2.16 bits per heavy atom. The molecule has 176 valence electrons. The first-order valence-electron chi connectivity index (χ1n) is 13.3. The van der Waals surface area contributed by atoms with Crippen molar-refractivity contribution < 1.29 is 4.39 Å². The van der Waals surface area contributed by atoms with E-state index in [1.807, 2.05) is 24.5 Å². The first-order valence-corrected chi connectivity index (χ1v) is 13.3. The number of hydrogen-bond donors (Lipinski definition) is 0. The number of aryl methyl sites for hydroxylation is 1. The van der Waals surface area contributed by atoms with Crippen molar-refractivity contribution in [3.05, 3.63) is 47.5 Å². The maximum Gasteiger partial charge on any atom is 0.159 e. The average Bonchev–Trinajstić information content (AvgIpc) is 2.83. The van der Waals surface area contributed by atoms with E-state index in [0.29, 0.717) is 11.7 Å². The lowest BCUT2D eigenvalue weighted by Crippen LogP contribution is -2.14. The van der Waals surface area contributed by atoms with Crippen LogP contribution >= 0.6 is 0 Å². The summed E-state index contributed by atoms with van der Waals surface area (Å²) in [5.41, 5.74) is 2.83. The Labute approximate surface area is 195 Å². The van der Waals surface area contributed by atoms with Gasteiger partial charge in [0.2, 0.25) is 0 Å². The quantitative estimate of drug-likeness (QED) is 0.291. The first-order chi connectivity index (χ1) is 15.7. The molecule has 0 saturated heterocycles. The van der Waals surface area contributed by atoms with Gasteiger partial charge in [0, 0.05) is 18.0 Å². The van der Waals surface area contributed by atoms with Crippen LogP contribution in [0.15, 0.2) is 30.6 Å². The zero-order valence-electron chi connectivity index (χ0n) is 20.4. The molecule has 1 aliphatic carbocycles. The van der Waals surface area contributed by atoms with E-state index in [1.165, 1.54) is 76.2 Å². The predicted octanol–water partition coefficient (Wildman–Crippen LogP) is 9.04. The van der Waals surface area contributed by atoms with E-state index in [4.69, 9.17) is 0 Å². The largest absolute Gasteiger partial charge is 0.236 e. The molecule has 0 spiro atoms. The molecule has 32 heavy (non-hydrogen) atoms. The van der Waals surface area contributed by atoms with Gasteiger partial charge in [-0.3, -0.25) is 0 Å². The fraction of sp³-hybridized carbons (Fsp3) is 0.655. The van der Waals surface area contributed by atoms with Gasteiger partial charge in [0.1, 0.15) is 5.82 Å². The van der Waals surface area contributed by atoms with Gasteiger partial charge in [-0.05, 0) is 67.6 Å². The van der Waals surface area contributed by atoms with Crippen LogP contribution < -0.4 is 0 Å². The Kier molecular flexibility index (Phi) is 10.6. The molecule has 2 nitrogen and oxygen atoms in total. The third-order valence-electron chi connectivity index (χ3n) is 7.32. The molecule has 1 aromatic carbocycles. The highest BCUT2D eigenvalue weighted by Crippen LogP contribution is 2.37. The van der Waals surface area contributed by atoms with Gasteiger partial charge in [0.15, 0.2) is 5.82 Å². The van der Waals surface area contributed by atoms with E-state index in [9.17, 15) is 4.39 Å². The topological polar surface area (TPSA) is 25.8 Å². The van der Waals surface area contributed by atoms with Crippen LogP contribution in [0.25, 0.3) is 11.4 Å². The molecule has 0 radical (unpaired) electrons. The molecule has 3 heteroatoms. The molecule has 0 bridgehead atoms. The van der Waals surface area contributed by atoms with E-state index < -0.39 is 0 Å².